The van der Waals surface area contributed by atoms with Crippen LogP contribution in [0.1, 0.15) is 38.2 Å². The summed E-state index contributed by atoms with van der Waals surface area (Å²) in [6.07, 6.45) is 4.76. The first kappa shape index (κ1) is 28.9. The lowest BCUT2D eigenvalue weighted by Crippen LogP contribution is -2.52. The summed E-state index contributed by atoms with van der Waals surface area (Å²) >= 11 is 25.0. The van der Waals surface area contributed by atoms with Gasteiger partial charge in [-0.25, -0.2) is 8.42 Å². The Morgan fingerprint density at radius 3 is 2.22 bits per heavy atom. The van der Waals surface area contributed by atoms with Gasteiger partial charge in [-0.15, -0.1) is 0 Å². The van der Waals surface area contributed by atoms with E-state index in [1.807, 2.05) is 0 Å². The summed E-state index contributed by atoms with van der Waals surface area (Å²) in [6, 6.07) is 8.36. The Morgan fingerprint density at radius 1 is 1.03 bits per heavy atom. The standard InChI is InChI=1S/C24H27Cl4N3O4S/c1-15(24(33)29-17-6-3-4-7-17)30(13-18-19(26)8-5-9-20(18)27)23(32)14-31(36(2,34)35)22-12-16(25)10-11-21(22)28/h5,8-12,15,17H,3-4,6-7,13-14H2,1-2H3,(H,29,33). The number of nitrogens with one attached hydrogen (secondary N) is 1. The van der Waals surface area contributed by atoms with E-state index < -0.39 is 28.5 Å². The molecule has 1 fully saturated rings. The van der Waals surface area contributed by atoms with Crippen molar-refractivity contribution >= 4 is 73.9 Å². The summed E-state index contributed by atoms with van der Waals surface area (Å²) in [4.78, 5) is 28.0. The monoisotopic (exact) mass is 593 g/mol. The second-order valence-electron chi connectivity index (χ2n) is 8.75. The highest BCUT2D eigenvalue weighted by Crippen LogP contribution is 2.31. The number of amides is 2. The van der Waals surface area contributed by atoms with E-state index in [0.29, 0.717) is 15.6 Å². The van der Waals surface area contributed by atoms with Crippen LogP contribution in [-0.2, 0) is 26.2 Å². The Morgan fingerprint density at radius 2 is 1.64 bits per heavy atom. The molecule has 2 aromatic rings. The van der Waals surface area contributed by atoms with Gasteiger partial charge in [-0.1, -0.05) is 65.3 Å². The lowest BCUT2D eigenvalue weighted by atomic mass is 10.1. The lowest BCUT2D eigenvalue weighted by molar-refractivity contribution is -0.139. The number of sulfonamides is 1. The second kappa shape index (κ2) is 12.2. The van der Waals surface area contributed by atoms with Crippen LogP contribution in [-0.4, -0.2) is 50.0 Å². The molecule has 1 saturated carbocycles. The molecule has 3 rings (SSSR count). The first-order valence-corrected chi connectivity index (χ1v) is 14.7. The van der Waals surface area contributed by atoms with Crippen LogP contribution in [0.15, 0.2) is 36.4 Å². The zero-order valence-electron chi connectivity index (χ0n) is 19.8. The molecule has 1 unspecified atom stereocenters. The van der Waals surface area contributed by atoms with Crippen LogP contribution in [0.5, 0.6) is 0 Å². The number of rotatable bonds is 9. The Hall–Kier alpha value is -1.71. The van der Waals surface area contributed by atoms with Gasteiger partial charge in [0, 0.05) is 33.2 Å². The predicted molar refractivity (Wildman–Crippen MR) is 146 cm³/mol. The van der Waals surface area contributed by atoms with Gasteiger partial charge < -0.3 is 10.2 Å². The average Bonchev–Trinajstić information content (AvgIpc) is 3.31. The first-order chi connectivity index (χ1) is 16.9. The Balaban J connectivity index is 1.96. The molecule has 196 valence electrons. The molecule has 0 aromatic heterocycles. The number of carbonyl (C=O) groups is 2. The highest BCUT2D eigenvalue weighted by atomic mass is 35.5. The molecule has 0 bridgehead atoms. The van der Waals surface area contributed by atoms with E-state index >= 15 is 0 Å². The molecule has 0 spiro atoms. The molecule has 1 aliphatic rings. The highest BCUT2D eigenvalue weighted by Gasteiger charge is 2.32. The normalized spacial score (nSPS) is 14.9. The highest BCUT2D eigenvalue weighted by molar-refractivity contribution is 7.92. The van der Waals surface area contributed by atoms with Crippen molar-refractivity contribution in [2.24, 2.45) is 0 Å². The van der Waals surface area contributed by atoms with Gasteiger partial charge in [-0.3, -0.25) is 13.9 Å². The predicted octanol–water partition coefficient (Wildman–Crippen LogP) is 5.54. The van der Waals surface area contributed by atoms with Gasteiger partial charge in [0.25, 0.3) is 0 Å². The van der Waals surface area contributed by atoms with Gasteiger partial charge in [0.2, 0.25) is 21.8 Å². The molecule has 7 nitrogen and oxygen atoms in total. The smallest absolute Gasteiger partial charge is 0.244 e. The third-order valence-electron chi connectivity index (χ3n) is 6.12. The van der Waals surface area contributed by atoms with Crippen molar-refractivity contribution < 1.29 is 18.0 Å². The van der Waals surface area contributed by atoms with Crippen molar-refractivity contribution in [1.29, 1.82) is 0 Å². The van der Waals surface area contributed by atoms with Crippen LogP contribution in [0.2, 0.25) is 20.1 Å². The summed E-state index contributed by atoms with van der Waals surface area (Å²) < 4.78 is 26.2. The maximum Gasteiger partial charge on any atom is 0.244 e. The maximum atomic E-state index is 13.7. The molecule has 0 radical (unpaired) electrons. The summed E-state index contributed by atoms with van der Waals surface area (Å²) in [6.45, 7) is 0.879. The van der Waals surface area contributed by atoms with E-state index in [-0.39, 0.29) is 34.2 Å². The van der Waals surface area contributed by atoms with Crippen molar-refractivity contribution in [3.8, 4) is 0 Å². The largest absolute Gasteiger partial charge is 0.352 e. The minimum absolute atomic E-state index is 0.0404. The minimum atomic E-state index is -3.95. The van der Waals surface area contributed by atoms with Crippen LogP contribution in [0.4, 0.5) is 5.69 Å². The molecule has 2 amide bonds. The number of anilines is 1. The molecule has 12 heteroatoms. The van der Waals surface area contributed by atoms with Crippen molar-refractivity contribution in [1.82, 2.24) is 10.2 Å². The van der Waals surface area contributed by atoms with Crippen LogP contribution >= 0.6 is 46.4 Å². The van der Waals surface area contributed by atoms with Crippen LogP contribution in [0.3, 0.4) is 0 Å². The van der Waals surface area contributed by atoms with E-state index in [1.165, 1.54) is 23.1 Å². The third kappa shape index (κ3) is 7.19. The Labute approximate surface area is 231 Å². The van der Waals surface area contributed by atoms with Crippen molar-refractivity contribution in [3.63, 3.8) is 0 Å². The van der Waals surface area contributed by atoms with Crippen LogP contribution in [0.25, 0.3) is 0 Å². The number of benzene rings is 2. The number of hydrogen-bond acceptors (Lipinski definition) is 4. The number of nitrogens with zero attached hydrogens (tertiary/aromatic N) is 2. The SMILES string of the molecule is CC(C(=O)NC1CCCC1)N(Cc1c(Cl)cccc1Cl)C(=O)CN(c1cc(Cl)ccc1Cl)S(C)(=O)=O. The van der Waals surface area contributed by atoms with Crippen LogP contribution in [0, 0.1) is 0 Å². The molecule has 1 atom stereocenters. The van der Waals surface area contributed by atoms with E-state index in [0.717, 1.165) is 36.2 Å². The van der Waals surface area contributed by atoms with Gasteiger partial charge in [0.05, 0.1) is 17.0 Å². The zero-order valence-corrected chi connectivity index (χ0v) is 23.6. The quantitative estimate of drug-likeness (QED) is 0.413. The van der Waals surface area contributed by atoms with E-state index in [1.54, 1.807) is 25.1 Å². The fraction of sp³-hybridized carbons (Fsp3) is 0.417. The van der Waals surface area contributed by atoms with Crippen LogP contribution < -0.4 is 9.62 Å². The minimum Gasteiger partial charge on any atom is -0.352 e. The Kier molecular flexibility index (Phi) is 9.80. The fourth-order valence-corrected chi connectivity index (χ4v) is 5.91. The van der Waals surface area contributed by atoms with E-state index in [4.69, 9.17) is 46.4 Å². The summed E-state index contributed by atoms with van der Waals surface area (Å²) in [7, 11) is -3.95. The van der Waals surface area contributed by atoms with Gasteiger partial charge >= 0.3 is 0 Å². The van der Waals surface area contributed by atoms with Gasteiger partial charge in [0.15, 0.2) is 0 Å². The van der Waals surface area contributed by atoms with Gasteiger partial charge in [-0.05, 0) is 50.1 Å². The van der Waals surface area contributed by atoms with Gasteiger partial charge in [0.1, 0.15) is 12.6 Å². The van der Waals surface area contributed by atoms with E-state index in [2.05, 4.69) is 5.32 Å². The molecule has 0 saturated heterocycles. The van der Waals surface area contributed by atoms with Gasteiger partial charge in [-0.2, -0.15) is 0 Å². The maximum absolute atomic E-state index is 13.7. The molecular weight excluding hydrogens is 568 g/mol. The molecule has 1 aliphatic carbocycles. The summed E-state index contributed by atoms with van der Waals surface area (Å²) in [5.74, 6) is -0.980. The molecule has 1 N–H and O–H groups in total. The second-order valence-corrected chi connectivity index (χ2v) is 12.3. The summed E-state index contributed by atoms with van der Waals surface area (Å²) in [5, 5.41) is 3.99. The van der Waals surface area contributed by atoms with E-state index in [9.17, 15) is 18.0 Å². The lowest BCUT2D eigenvalue weighted by Gasteiger charge is -2.32. The molecule has 0 heterocycles. The fourth-order valence-electron chi connectivity index (χ4n) is 4.10. The molecule has 36 heavy (non-hydrogen) atoms. The van der Waals surface area contributed by atoms with Crippen molar-refractivity contribution in [3.05, 3.63) is 62.1 Å². The number of carbonyl (C=O) groups excluding carboxylic acids is 2. The number of hydrogen-bond donors (Lipinski definition) is 1. The number of halogens is 4. The topological polar surface area (TPSA) is 86.8 Å². The average molecular weight is 595 g/mol. The molecule has 2 aromatic carbocycles. The summed E-state index contributed by atoms with van der Waals surface area (Å²) in [5.41, 5.74) is 0.500. The van der Waals surface area contributed by atoms with Crippen molar-refractivity contribution in [2.75, 3.05) is 17.1 Å². The zero-order chi connectivity index (χ0) is 26.6. The third-order valence-corrected chi connectivity index (χ3v) is 8.50. The van der Waals surface area contributed by atoms with Crippen molar-refractivity contribution in [2.45, 2.75) is 51.2 Å². The first-order valence-electron chi connectivity index (χ1n) is 11.3. The molecule has 0 aliphatic heterocycles. The molecular formula is C24H27Cl4N3O4S. The Bertz CT molecular complexity index is 1220.